The highest BCUT2D eigenvalue weighted by Gasteiger charge is 2.24. The van der Waals surface area contributed by atoms with Crippen molar-refractivity contribution in [1.82, 2.24) is 69.8 Å². The average molecular weight is 1610 g/mol. The number of para-hydroxylation sites is 6. The fourth-order valence-corrected chi connectivity index (χ4v) is 19.0. The third kappa shape index (κ3) is 11.7. The molecule has 0 unspecified atom stereocenters. The number of aromatic nitrogens is 14. The molecule has 14 heterocycles. The van der Waals surface area contributed by atoms with Gasteiger partial charge < -0.3 is 0 Å². The van der Waals surface area contributed by atoms with Crippen molar-refractivity contribution in [2.75, 3.05) is 0 Å². The molecule has 0 saturated heterocycles. The number of nitrogens with zero attached hydrogens (tertiary/aromatic N) is 14. The Morgan fingerprint density at radius 1 is 0.143 bits per heavy atom. The van der Waals surface area contributed by atoms with Crippen LogP contribution in [-0.4, -0.2) is 69.8 Å². The third-order valence-electron chi connectivity index (χ3n) is 24.6. The second kappa shape index (κ2) is 29.2. The maximum Gasteiger partial charge on any atom is 0.0979 e. The molecule has 0 aliphatic carbocycles. The summed E-state index contributed by atoms with van der Waals surface area (Å²) in [6.07, 6.45) is 14.9. The topological polar surface area (TPSA) is 180 Å². The highest BCUT2D eigenvalue weighted by molar-refractivity contribution is 6.23. The summed E-state index contributed by atoms with van der Waals surface area (Å²) in [6.45, 7) is 0. The number of benzene rings is 13. The van der Waals surface area contributed by atoms with E-state index in [-0.39, 0.29) is 0 Å². The fourth-order valence-electron chi connectivity index (χ4n) is 19.0. The Bertz CT molecular complexity index is 7940. The first-order valence-electron chi connectivity index (χ1n) is 41.9. The van der Waals surface area contributed by atoms with Gasteiger partial charge in [0.25, 0.3) is 0 Å². The largest absolute Gasteiger partial charge is 0.263 e. The van der Waals surface area contributed by atoms with Crippen molar-refractivity contribution in [3.63, 3.8) is 0 Å². The van der Waals surface area contributed by atoms with Gasteiger partial charge in [0.1, 0.15) is 0 Å². The van der Waals surface area contributed by atoms with Gasteiger partial charge in [0, 0.05) is 191 Å². The van der Waals surface area contributed by atoms with Crippen molar-refractivity contribution in [3.8, 4) is 67.0 Å². The molecule has 0 radical (unpaired) electrons. The Morgan fingerprint density at radius 2 is 0.365 bits per heavy atom. The van der Waals surface area contributed by atoms with Crippen LogP contribution in [0.5, 0.6) is 0 Å². The quantitative estimate of drug-likeness (QED) is 0.113. The molecule has 14 heteroatoms. The van der Waals surface area contributed by atoms with Crippen LogP contribution in [0.25, 0.3) is 263 Å². The minimum absolute atomic E-state index is 0.881. The molecule has 0 spiro atoms. The molecule has 14 aromatic heterocycles. The van der Waals surface area contributed by atoms with E-state index in [0.717, 1.165) is 252 Å². The summed E-state index contributed by atoms with van der Waals surface area (Å²) in [5, 5.41) is 19.3. The van der Waals surface area contributed by atoms with Crippen molar-refractivity contribution in [1.29, 1.82) is 0 Å². The van der Waals surface area contributed by atoms with Crippen LogP contribution >= 0.6 is 0 Å². The van der Waals surface area contributed by atoms with Crippen LogP contribution in [0.2, 0.25) is 0 Å². The molecule has 27 rings (SSSR count). The predicted octanol–water partition coefficient (Wildman–Crippen LogP) is 27.3. The lowest BCUT2D eigenvalue weighted by molar-refractivity contribution is 1.33. The van der Waals surface area contributed by atoms with Gasteiger partial charge in [-0.3, -0.25) is 34.9 Å². The number of hydrogen-bond acceptors (Lipinski definition) is 14. The Labute approximate surface area is 717 Å². The van der Waals surface area contributed by atoms with Crippen LogP contribution in [0.4, 0.5) is 0 Å². The van der Waals surface area contributed by atoms with E-state index in [2.05, 4.69) is 267 Å². The third-order valence-corrected chi connectivity index (χ3v) is 24.6. The second-order valence-corrected chi connectivity index (χ2v) is 31.7. The van der Waals surface area contributed by atoms with Gasteiger partial charge >= 0.3 is 0 Å². The first kappa shape index (κ1) is 71.5. The molecule has 582 valence electrons. The summed E-state index contributed by atoms with van der Waals surface area (Å²) >= 11 is 0. The van der Waals surface area contributed by atoms with E-state index in [0.29, 0.717) is 0 Å². The van der Waals surface area contributed by atoms with Gasteiger partial charge in [-0.25, -0.2) is 34.9 Å². The van der Waals surface area contributed by atoms with Gasteiger partial charge in [0.15, 0.2) is 0 Å². The van der Waals surface area contributed by atoms with Crippen molar-refractivity contribution in [3.05, 3.63) is 389 Å². The first-order valence-corrected chi connectivity index (χ1v) is 41.9. The Hall–Kier alpha value is -17.4. The highest BCUT2D eigenvalue weighted by Crippen LogP contribution is 2.47. The maximum atomic E-state index is 5.38. The van der Waals surface area contributed by atoms with Gasteiger partial charge in [-0.05, 0) is 108 Å². The molecule has 0 atom stereocenters. The lowest BCUT2D eigenvalue weighted by atomic mass is 9.90. The van der Waals surface area contributed by atoms with E-state index >= 15 is 0 Å². The monoisotopic (exact) mass is 1600 g/mol. The normalized spacial score (nSPS) is 11.8. The van der Waals surface area contributed by atoms with Crippen LogP contribution in [0.1, 0.15) is 0 Å². The summed E-state index contributed by atoms with van der Waals surface area (Å²) in [7, 11) is 0. The minimum atomic E-state index is 0.881. The lowest BCUT2D eigenvalue weighted by Crippen LogP contribution is -1.96. The molecule has 126 heavy (non-hydrogen) atoms. The van der Waals surface area contributed by atoms with E-state index in [9.17, 15) is 0 Å². The van der Waals surface area contributed by atoms with Crippen LogP contribution in [0.3, 0.4) is 0 Å². The number of pyridine rings is 14. The smallest absolute Gasteiger partial charge is 0.0979 e. The Balaban J connectivity index is 0.000000103. The van der Waals surface area contributed by atoms with E-state index in [1.807, 2.05) is 122 Å². The van der Waals surface area contributed by atoms with Gasteiger partial charge in [-0.2, -0.15) is 0 Å². The van der Waals surface area contributed by atoms with Crippen LogP contribution in [0, 0.1) is 0 Å². The molecule has 0 saturated carbocycles. The SMILES string of the molecule is c1cc(-c2c3ccccc3nc3c2ccc2cccnc23)cc(-c2c3ccccc3nc3c2ccc2cccnc23)c1.c1cc(-c2c3ccccc3nc3c2ccc2cccnc23)nc(-c2c3ccccc3nc3c2ccc2cccnc23)c1.c1cnc2c(c1)ccc1c(-c3cncc(-c4c5ccccc5nc5c4ccc4cccnc45)c3)c3ccccc3nc12. The molecule has 0 aliphatic heterocycles. The molecule has 13 aromatic carbocycles. The summed E-state index contributed by atoms with van der Waals surface area (Å²) in [5.74, 6) is 0. The summed E-state index contributed by atoms with van der Waals surface area (Å²) in [5.41, 5.74) is 29.2. The zero-order valence-corrected chi connectivity index (χ0v) is 67.2. The number of fused-ring (bicyclic) bond motifs is 24. The molecule has 0 aliphatic rings. The van der Waals surface area contributed by atoms with E-state index in [1.54, 1.807) is 0 Å². The molecular weight excluding hydrogens is 1540 g/mol. The molecule has 0 bridgehead atoms. The Morgan fingerprint density at radius 3 is 0.635 bits per heavy atom. The second-order valence-electron chi connectivity index (χ2n) is 31.7. The average Bonchev–Trinajstić information content (AvgIpc) is 0.741. The van der Waals surface area contributed by atoms with E-state index in [1.165, 1.54) is 11.1 Å². The molecule has 0 amide bonds. The van der Waals surface area contributed by atoms with Crippen molar-refractivity contribution in [2.24, 2.45) is 0 Å². The first-order chi connectivity index (χ1) is 62.5. The van der Waals surface area contributed by atoms with Gasteiger partial charge in [-0.15, -0.1) is 0 Å². The zero-order valence-electron chi connectivity index (χ0n) is 67.2. The van der Waals surface area contributed by atoms with E-state index < -0.39 is 0 Å². The number of rotatable bonds is 6. The van der Waals surface area contributed by atoms with Crippen molar-refractivity contribution < 1.29 is 0 Å². The Kier molecular flexibility index (Phi) is 16.6. The van der Waals surface area contributed by atoms with Gasteiger partial charge in [0.05, 0.1) is 111 Å². The van der Waals surface area contributed by atoms with Crippen LogP contribution in [-0.2, 0) is 0 Å². The summed E-state index contributed by atoms with van der Waals surface area (Å²) in [4.78, 5) is 69.1. The van der Waals surface area contributed by atoms with Crippen LogP contribution in [0.15, 0.2) is 389 Å². The zero-order chi connectivity index (χ0) is 82.9. The standard InChI is InChI=1S/C38H22N4.2C37H21N5/c1-3-14-31-27(12-1)33(29-18-16-23-10-6-20-39-35(23)37(29)41-31)25-8-5-9-26(22-25)34-28-13-2-4-15-32(28)42-38-30(34)19-17-24-11-7-21-40-36(24)38;1-3-12-28-24(10-1)32(26-18-16-22-8-6-20-38-34(22)36(26)41-28)30-14-5-15-31(40-30)33-25-11-2-4-13-29(25)42-37-27(33)19-17-23-9-7-21-39-35(23)37;1-3-11-30-26(9-1)32(28-15-13-22-7-5-17-39-34(22)36(28)41-30)24-19-25(21-38-20-24)33-27-10-2-4-12-31(27)42-37-29(33)16-14-23-8-6-18-40-35(23)37/h1-22H;2*1-21H. The minimum Gasteiger partial charge on any atom is -0.263 e. The molecule has 14 nitrogen and oxygen atoms in total. The van der Waals surface area contributed by atoms with Gasteiger partial charge in [-0.1, -0.05) is 243 Å². The molecule has 0 fully saturated rings. The lowest BCUT2D eigenvalue weighted by Gasteiger charge is -2.16. The van der Waals surface area contributed by atoms with Crippen molar-refractivity contribution >= 4 is 196 Å². The van der Waals surface area contributed by atoms with Crippen LogP contribution < -0.4 is 0 Å². The van der Waals surface area contributed by atoms with Crippen molar-refractivity contribution in [2.45, 2.75) is 0 Å². The summed E-state index contributed by atoms with van der Waals surface area (Å²) < 4.78 is 0. The maximum absolute atomic E-state index is 5.38. The summed E-state index contributed by atoms with van der Waals surface area (Å²) in [6, 6.07) is 117. The number of hydrogen-bond donors (Lipinski definition) is 0. The molecule has 27 aromatic rings. The van der Waals surface area contributed by atoms with E-state index in [4.69, 9.17) is 69.8 Å². The predicted molar refractivity (Wildman–Crippen MR) is 516 cm³/mol. The van der Waals surface area contributed by atoms with Gasteiger partial charge in [0.2, 0.25) is 0 Å². The fraction of sp³-hybridized carbons (Fsp3) is 0. The molecule has 0 N–H and O–H groups in total. The highest BCUT2D eigenvalue weighted by atomic mass is 14.8. The molecular formula is C112H64N14.